The molecule has 1 unspecified atom stereocenters. The van der Waals surface area contributed by atoms with Gasteiger partial charge in [-0.3, -0.25) is 0 Å². The van der Waals surface area contributed by atoms with Gasteiger partial charge in [0.25, 0.3) is 0 Å². The van der Waals surface area contributed by atoms with E-state index in [1.165, 1.54) is 5.56 Å². The van der Waals surface area contributed by atoms with Crippen LogP contribution in [0.15, 0.2) is 66.9 Å². The van der Waals surface area contributed by atoms with Gasteiger partial charge in [0.05, 0.1) is 17.5 Å². The lowest BCUT2D eigenvalue weighted by atomic mass is 10.1. The standard InChI is InChI=1S/C18H18N2OS/c21-13-16(14-7-3-1-4-8-14)19-12-18-20-11-17(22-18)15-9-5-2-6-10-15/h1-11,16,19,21H,12-13H2. The number of hydrogen-bond acceptors (Lipinski definition) is 4. The van der Waals surface area contributed by atoms with Gasteiger partial charge >= 0.3 is 0 Å². The predicted molar refractivity (Wildman–Crippen MR) is 90.7 cm³/mol. The van der Waals surface area contributed by atoms with Crippen LogP contribution < -0.4 is 5.32 Å². The highest BCUT2D eigenvalue weighted by molar-refractivity contribution is 7.15. The molecular formula is C18H18N2OS. The molecule has 2 aromatic carbocycles. The van der Waals surface area contributed by atoms with Gasteiger partial charge < -0.3 is 10.4 Å². The first kappa shape index (κ1) is 14.9. The Kier molecular flexibility index (Phi) is 4.96. The Bertz CT molecular complexity index is 697. The fourth-order valence-corrected chi connectivity index (χ4v) is 3.19. The number of nitrogens with zero attached hydrogens (tertiary/aromatic N) is 1. The second kappa shape index (κ2) is 7.31. The number of nitrogens with one attached hydrogen (secondary N) is 1. The summed E-state index contributed by atoms with van der Waals surface area (Å²) in [4.78, 5) is 5.63. The van der Waals surface area contributed by atoms with Crippen molar-refractivity contribution in [1.29, 1.82) is 0 Å². The zero-order valence-corrected chi connectivity index (χ0v) is 13.0. The van der Waals surface area contributed by atoms with E-state index in [2.05, 4.69) is 22.4 Å². The van der Waals surface area contributed by atoms with Crippen LogP contribution in [-0.2, 0) is 6.54 Å². The maximum absolute atomic E-state index is 9.56. The predicted octanol–water partition coefficient (Wildman–Crippen LogP) is 3.63. The largest absolute Gasteiger partial charge is 0.394 e. The molecule has 0 saturated carbocycles. The van der Waals surface area contributed by atoms with Gasteiger partial charge in [-0.1, -0.05) is 60.7 Å². The Balaban J connectivity index is 1.65. The number of rotatable bonds is 6. The van der Waals surface area contributed by atoms with Crippen LogP contribution in [0.5, 0.6) is 0 Å². The molecule has 112 valence electrons. The summed E-state index contributed by atoms with van der Waals surface area (Å²) in [7, 11) is 0. The summed E-state index contributed by atoms with van der Waals surface area (Å²) in [5.74, 6) is 0. The minimum atomic E-state index is -0.0646. The number of hydrogen-bond donors (Lipinski definition) is 2. The Labute approximate surface area is 134 Å². The van der Waals surface area contributed by atoms with Crippen molar-refractivity contribution < 1.29 is 5.11 Å². The van der Waals surface area contributed by atoms with Gasteiger partial charge in [0.1, 0.15) is 5.01 Å². The summed E-state index contributed by atoms with van der Waals surface area (Å²) in [6.07, 6.45) is 1.91. The van der Waals surface area contributed by atoms with E-state index in [0.717, 1.165) is 15.4 Å². The summed E-state index contributed by atoms with van der Waals surface area (Å²) in [5, 5.41) is 13.9. The first-order valence-electron chi connectivity index (χ1n) is 7.26. The lowest BCUT2D eigenvalue weighted by Gasteiger charge is -2.15. The van der Waals surface area contributed by atoms with Gasteiger partial charge in [-0.05, 0) is 11.1 Å². The van der Waals surface area contributed by atoms with Crippen molar-refractivity contribution in [3.05, 3.63) is 77.4 Å². The third-order valence-electron chi connectivity index (χ3n) is 3.50. The molecule has 0 saturated heterocycles. The summed E-state index contributed by atoms with van der Waals surface area (Å²) in [6, 6.07) is 20.2. The van der Waals surface area contributed by atoms with Gasteiger partial charge in [0.2, 0.25) is 0 Å². The Morgan fingerprint density at radius 3 is 2.36 bits per heavy atom. The van der Waals surface area contributed by atoms with Crippen molar-refractivity contribution in [3.8, 4) is 10.4 Å². The quantitative estimate of drug-likeness (QED) is 0.731. The molecule has 22 heavy (non-hydrogen) atoms. The van der Waals surface area contributed by atoms with Gasteiger partial charge in [-0.25, -0.2) is 4.98 Å². The molecule has 0 aliphatic rings. The molecule has 4 heteroatoms. The van der Waals surface area contributed by atoms with Gasteiger partial charge in [0.15, 0.2) is 0 Å². The second-order valence-electron chi connectivity index (χ2n) is 5.01. The smallest absolute Gasteiger partial charge is 0.107 e. The van der Waals surface area contributed by atoms with Crippen LogP contribution in [-0.4, -0.2) is 16.7 Å². The third kappa shape index (κ3) is 3.60. The fourth-order valence-electron chi connectivity index (χ4n) is 2.31. The SMILES string of the molecule is OCC(NCc1ncc(-c2ccccc2)s1)c1ccccc1. The van der Waals surface area contributed by atoms with Crippen LogP contribution in [0.2, 0.25) is 0 Å². The van der Waals surface area contributed by atoms with Crippen LogP contribution in [0.3, 0.4) is 0 Å². The van der Waals surface area contributed by atoms with E-state index in [1.807, 2.05) is 54.7 Å². The summed E-state index contributed by atoms with van der Waals surface area (Å²) in [6.45, 7) is 0.721. The molecule has 3 nitrogen and oxygen atoms in total. The molecule has 3 aromatic rings. The number of aromatic nitrogens is 1. The summed E-state index contributed by atoms with van der Waals surface area (Å²) in [5.41, 5.74) is 2.28. The molecule has 3 rings (SSSR count). The normalized spacial score (nSPS) is 12.2. The van der Waals surface area contributed by atoms with E-state index in [-0.39, 0.29) is 12.6 Å². The van der Waals surface area contributed by atoms with Crippen molar-refractivity contribution in [2.75, 3.05) is 6.61 Å². The maximum atomic E-state index is 9.56. The van der Waals surface area contributed by atoms with Crippen molar-refractivity contribution in [2.24, 2.45) is 0 Å². The van der Waals surface area contributed by atoms with Gasteiger partial charge in [-0.2, -0.15) is 0 Å². The molecule has 0 radical (unpaired) electrons. The number of thiazole rings is 1. The van der Waals surface area contributed by atoms with E-state index < -0.39 is 0 Å². The second-order valence-corrected chi connectivity index (χ2v) is 6.13. The monoisotopic (exact) mass is 310 g/mol. The average Bonchev–Trinajstić information content (AvgIpc) is 3.06. The van der Waals surface area contributed by atoms with E-state index in [0.29, 0.717) is 6.54 Å². The minimum absolute atomic E-state index is 0.0646. The van der Waals surface area contributed by atoms with E-state index in [4.69, 9.17) is 0 Å². The highest BCUT2D eigenvalue weighted by Crippen LogP contribution is 2.26. The summed E-state index contributed by atoms with van der Waals surface area (Å²) >= 11 is 1.68. The van der Waals surface area contributed by atoms with Gasteiger partial charge in [-0.15, -0.1) is 11.3 Å². The molecule has 0 aliphatic heterocycles. The van der Waals surface area contributed by atoms with Crippen molar-refractivity contribution in [3.63, 3.8) is 0 Å². The van der Waals surface area contributed by atoms with Crippen molar-refractivity contribution >= 4 is 11.3 Å². The van der Waals surface area contributed by atoms with E-state index in [1.54, 1.807) is 11.3 Å². The van der Waals surface area contributed by atoms with Crippen molar-refractivity contribution in [1.82, 2.24) is 10.3 Å². The molecule has 0 amide bonds. The first-order valence-corrected chi connectivity index (χ1v) is 8.08. The topological polar surface area (TPSA) is 45.1 Å². The van der Waals surface area contributed by atoms with Gasteiger partial charge in [0, 0.05) is 12.7 Å². The molecule has 0 aliphatic carbocycles. The molecule has 2 N–H and O–H groups in total. The first-order chi connectivity index (χ1) is 10.9. The summed E-state index contributed by atoms with van der Waals surface area (Å²) < 4.78 is 0. The Morgan fingerprint density at radius 1 is 1.00 bits per heavy atom. The van der Waals surface area contributed by atoms with Crippen LogP contribution in [0.1, 0.15) is 16.6 Å². The van der Waals surface area contributed by atoms with E-state index >= 15 is 0 Å². The van der Waals surface area contributed by atoms with E-state index in [9.17, 15) is 5.11 Å². The van der Waals surface area contributed by atoms with Crippen LogP contribution in [0.25, 0.3) is 10.4 Å². The highest BCUT2D eigenvalue weighted by atomic mass is 32.1. The number of aliphatic hydroxyl groups is 1. The number of benzene rings is 2. The zero-order valence-electron chi connectivity index (χ0n) is 12.1. The molecular weight excluding hydrogens is 292 g/mol. The maximum Gasteiger partial charge on any atom is 0.107 e. The van der Waals surface area contributed by atoms with Crippen LogP contribution in [0.4, 0.5) is 0 Å². The molecule has 0 spiro atoms. The van der Waals surface area contributed by atoms with Crippen LogP contribution in [0, 0.1) is 0 Å². The lowest BCUT2D eigenvalue weighted by Crippen LogP contribution is -2.23. The molecule has 1 aromatic heterocycles. The molecule has 1 atom stereocenters. The van der Waals surface area contributed by atoms with Crippen molar-refractivity contribution in [2.45, 2.75) is 12.6 Å². The minimum Gasteiger partial charge on any atom is -0.394 e. The number of aliphatic hydroxyl groups excluding tert-OH is 1. The average molecular weight is 310 g/mol. The lowest BCUT2D eigenvalue weighted by molar-refractivity contribution is 0.243. The zero-order chi connectivity index (χ0) is 15.2. The Morgan fingerprint density at radius 2 is 1.68 bits per heavy atom. The molecule has 0 fully saturated rings. The fraction of sp³-hybridized carbons (Fsp3) is 0.167. The highest BCUT2D eigenvalue weighted by Gasteiger charge is 2.11. The molecule has 1 heterocycles. The Hall–Kier alpha value is -2.01. The van der Waals surface area contributed by atoms with Crippen LogP contribution >= 0.6 is 11.3 Å². The third-order valence-corrected chi connectivity index (χ3v) is 4.54. The molecule has 0 bridgehead atoms.